The molecule has 2 aliphatic rings. The van der Waals surface area contributed by atoms with Crippen molar-refractivity contribution in [2.45, 2.75) is 0 Å². The van der Waals surface area contributed by atoms with Crippen molar-refractivity contribution in [1.82, 2.24) is 15.2 Å². The SMILES string of the molecule is Cl.Cn1c2ccc(C3=NCCN3)cc2c2cc(C3=NCCN3)ccc21. The molecule has 2 aliphatic heterocycles. The fourth-order valence-corrected chi connectivity index (χ4v) is 3.70. The Morgan fingerprint density at radius 1 is 0.800 bits per heavy atom. The average Bonchev–Trinajstić information content (AvgIpc) is 3.36. The van der Waals surface area contributed by atoms with Crippen molar-refractivity contribution >= 4 is 45.9 Å². The molecule has 1 aromatic heterocycles. The first-order valence-corrected chi connectivity index (χ1v) is 8.41. The summed E-state index contributed by atoms with van der Waals surface area (Å²) in [6.07, 6.45) is 0. The third-order valence-corrected chi connectivity index (χ3v) is 4.90. The van der Waals surface area contributed by atoms with E-state index in [1.165, 1.54) is 21.8 Å². The summed E-state index contributed by atoms with van der Waals surface area (Å²) in [6, 6.07) is 13.2. The highest BCUT2D eigenvalue weighted by molar-refractivity contribution is 6.13. The van der Waals surface area contributed by atoms with Gasteiger partial charge in [0.15, 0.2) is 0 Å². The average molecular weight is 354 g/mol. The second-order valence-electron chi connectivity index (χ2n) is 6.34. The first-order chi connectivity index (χ1) is 11.8. The predicted octanol–water partition coefficient (Wildman–Crippen LogP) is 2.45. The number of fused-ring (bicyclic) bond motifs is 3. The van der Waals surface area contributed by atoms with Crippen LogP contribution in [0.25, 0.3) is 21.8 Å². The van der Waals surface area contributed by atoms with Gasteiger partial charge in [0, 0.05) is 53.1 Å². The van der Waals surface area contributed by atoms with E-state index in [-0.39, 0.29) is 12.4 Å². The van der Waals surface area contributed by atoms with Crippen LogP contribution in [0.2, 0.25) is 0 Å². The van der Waals surface area contributed by atoms with Crippen molar-refractivity contribution in [1.29, 1.82) is 0 Å². The van der Waals surface area contributed by atoms with Crippen LogP contribution >= 0.6 is 12.4 Å². The summed E-state index contributed by atoms with van der Waals surface area (Å²) in [6.45, 7) is 3.58. The van der Waals surface area contributed by atoms with Crippen molar-refractivity contribution in [2.24, 2.45) is 17.0 Å². The zero-order valence-electron chi connectivity index (χ0n) is 14.0. The molecule has 5 nitrogen and oxygen atoms in total. The largest absolute Gasteiger partial charge is 0.368 e. The minimum atomic E-state index is 0. The number of aromatic nitrogens is 1. The smallest absolute Gasteiger partial charge is 0.128 e. The van der Waals surface area contributed by atoms with Crippen LogP contribution < -0.4 is 10.6 Å². The Hall–Kier alpha value is -2.53. The molecule has 25 heavy (non-hydrogen) atoms. The first-order valence-electron chi connectivity index (χ1n) is 8.41. The summed E-state index contributed by atoms with van der Waals surface area (Å²) in [5.74, 6) is 2.01. The van der Waals surface area contributed by atoms with Gasteiger partial charge in [-0.3, -0.25) is 9.98 Å². The van der Waals surface area contributed by atoms with E-state index in [1.54, 1.807) is 0 Å². The maximum Gasteiger partial charge on any atom is 0.128 e. The Morgan fingerprint density at radius 2 is 1.28 bits per heavy atom. The third-order valence-electron chi connectivity index (χ3n) is 4.90. The lowest BCUT2D eigenvalue weighted by Crippen LogP contribution is -2.19. The van der Waals surface area contributed by atoms with Gasteiger partial charge in [-0.2, -0.15) is 0 Å². The van der Waals surface area contributed by atoms with Crippen LogP contribution in [0, 0.1) is 0 Å². The summed E-state index contributed by atoms with van der Waals surface area (Å²) in [5.41, 5.74) is 4.81. The van der Waals surface area contributed by atoms with Crippen molar-refractivity contribution in [2.75, 3.05) is 26.2 Å². The van der Waals surface area contributed by atoms with Gasteiger partial charge in [-0.05, 0) is 36.4 Å². The van der Waals surface area contributed by atoms with Gasteiger partial charge in [0.2, 0.25) is 0 Å². The molecule has 0 unspecified atom stereocenters. The van der Waals surface area contributed by atoms with Crippen molar-refractivity contribution in [3.05, 3.63) is 47.5 Å². The predicted molar refractivity (Wildman–Crippen MR) is 106 cm³/mol. The molecule has 128 valence electrons. The molecule has 0 saturated heterocycles. The van der Waals surface area contributed by atoms with Gasteiger partial charge < -0.3 is 15.2 Å². The van der Waals surface area contributed by atoms with Crippen LogP contribution in [0.5, 0.6) is 0 Å². The number of amidine groups is 2. The lowest BCUT2D eigenvalue weighted by atomic mass is 10.1. The number of aliphatic imine (C=N–C) groups is 2. The number of benzene rings is 2. The molecule has 0 aliphatic carbocycles. The normalized spacial score (nSPS) is 16.4. The Balaban J connectivity index is 0.00000157. The molecule has 6 heteroatoms. The highest BCUT2D eigenvalue weighted by Gasteiger charge is 2.15. The van der Waals surface area contributed by atoms with E-state index in [1.807, 2.05) is 0 Å². The molecular weight excluding hydrogens is 334 g/mol. The molecule has 5 rings (SSSR count). The minimum Gasteiger partial charge on any atom is -0.368 e. The molecule has 0 spiro atoms. The monoisotopic (exact) mass is 353 g/mol. The van der Waals surface area contributed by atoms with Crippen LogP contribution in [0.15, 0.2) is 46.4 Å². The minimum absolute atomic E-state index is 0. The number of hydrogen-bond acceptors (Lipinski definition) is 4. The number of nitrogens with one attached hydrogen (secondary N) is 2. The molecular formula is C19H20ClN5. The summed E-state index contributed by atoms with van der Waals surface area (Å²) in [7, 11) is 2.13. The maximum absolute atomic E-state index is 4.55. The molecule has 2 N–H and O–H groups in total. The molecule has 0 amide bonds. The number of hydrogen-bond donors (Lipinski definition) is 2. The Labute approximate surface area is 152 Å². The fraction of sp³-hybridized carbons (Fsp3) is 0.263. The van der Waals surface area contributed by atoms with E-state index in [0.29, 0.717) is 0 Å². The van der Waals surface area contributed by atoms with E-state index in [0.717, 1.165) is 49.0 Å². The zero-order valence-corrected chi connectivity index (χ0v) is 14.9. The topological polar surface area (TPSA) is 53.7 Å². The number of rotatable bonds is 2. The summed E-state index contributed by atoms with van der Waals surface area (Å²) in [5, 5.41) is 9.26. The summed E-state index contributed by atoms with van der Waals surface area (Å²) in [4.78, 5) is 9.10. The van der Waals surface area contributed by atoms with Gasteiger partial charge in [-0.1, -0.05) is 0 Å². The summed E-state index contributed by atoms with van der Waals surface area (Å²) < 4.78 is 2.26. The third kappa shape index (κ3) is 2.46. The van der Waals surface area contributed by atoms with Crippen LogP contribution in [0.1, 0.15) is 11.1 Å². The van der Waals surface area contributed by atoms with Gasteiger partial charge in [-0.15, -0.1) is 12.4 Å². The molecule has 0 bridgehead atoms. The maximum atomic E-state index is 4.55. The quantitative estimate of drug-likeness (QED) is 0.743. The fourth-order valence-electron chi connectivity index (χ4n) is 3.70. The lowest BCUT2D eigenvalue weighted by Gasteiger charge is -2.04. The van der Waals surface area contributed by atoms with Crippen LogP contribution in [0.4, 0.5) is 0 Å². The van der Waals surface area contributed by atoms with Crippen LogP contribution in [0.3, 0.4) is 0 Å². The van der Waals surface area contributed by atoms with Crippen molar-refractivity contribution in [3.63, 3.8) is 0 Å². The molecule has 0 atom stereocenters. The molecule has 0 fully saturated rings. The van der Waals surface area contributed by atoms with Gasteiger partial charge in [0.05, 0.1) is 13.1 Å². The highest BCUT2D eigenvalue weighted by atomic mass is 35.5. The van der Waals surface area contributed by atoms with Gasteiger partial charge in [0.25, 0.3) is 0 Å². The summed E-state index contributed by atoms with van der Waals surface area (Å²) >= 11 is 0. The van der Waals surface area contributed by atoms with E-state index in [2.05, 4.69) is 68.6 Å². The number of nitrogens with zero attached hydrogens (tertiary/aromatic N) is 3. The second kappa shape index (κ2) is 6.08. The van der Waals surface area contributed by atoms with E-state index in [4.69, 9.17) is 0 Å². The highest BCUT2D eigenvalue weighted by Crippen LogP contribution is 2.30. The Morgan fingerprint density at radius 3 is 1.68 bits per heavy atom. The molecule has 0 radical (unpaired) electrons. The van der Waals surface area contributed by atoms with Gasteiger partial charge >= 0.3 is 0 Å². The van der Waals surface area contributed by atoms with Crippen LogP contribution in [-0.2, 0) is 7.05 Å². The van der Waals surface area contributed by atoms with Crippen molar-refractivity contribution < 1.29 is 0 Å². The van der Waals surface area contributed by atoms with Gasteiger partial charge in [0.1, 0.15) is 11.7 Å². The van der Waals surface area contributed by atoms with Crippen LogP contribution in [-0.4, -0.2) is 42.4 Å². The molecule has 0 saturated carbocycles. The molecule has 3 heterocycles. The van der Waals surface area contributed by atoms with E-state index in [9.17, 15) is 0 Å². The standard InChI is InChI=1S/C19H19N5.ClH/c1-24-16-4-2-12(18-20-6-7-21-18)10-14(16)15-11-13(3-5-17(15)24)19-22-8-9-23-19;/h2-5,10-11H,6-9H2,1H3,(H,20,21)(H,22,23);1H. The lowest BCUT2D eigenvalue weighted by molar-refractivity contribution is 0.960. The molecule has 3 aromatic rings. The van der Waals surface area contributed by atoms with E-state index < -0.39 is 0 Å². The Kier molecular flexibility index (Phi) is 3.88. The first kappa shape index (κ1) is 16.0. The Bertz CT molecular complexity index is 950. The van der Waals surface area contributed by atoms with Gasteiger partial charge in [-0.25, -0.2) is 0 Å². The number of halogens is 1. The number of aryl methyl sites for hydroxylation is 1. The molecule has 2 aromatic carbocycles. The van der Waals surface area contributed by atoms with E-state index >= 15 is 0 Å². The second-order valence-corrected chi connectivity index (χ2v) is 6.34. The zero-order chi connectivity index (χ0) is 16.1. The van der Waals surface area contributed by atoms with Crippen molar-refractivity contribution in [3.8, 4) is 0 Å².